The van der Waals surface area contributed by atoms with Crippen LogP contribution in [-0.2, 0) is 11.3 Å². The second-order valence-electron chi connectivity index (χ2n) is 7.43. The number of amides is 1. The highest BCUT2D eigenvalue weighted by Gasteiger charge is 2.21. The first-order valence-corrected chi connectivity index (χ1v) is 11.9. The molecule has 0 fully saturated rings. The van der Waals surface area contributed by atoms with E-state index < -0.39 is 5.25 Å². The Bertz CT molecular complexity index is 1400. The van der Waals surface area contributed by atoms with Gasteiger partial charge in [-0.2, -0.15) is 0 Å². The Morgan fingerprint density at radius 2 is 2.03 bits per heavy atom. The molecule has 0 saturated heterocycles. The minimum atomic E-state index is -0.508. The van der Waals surface area contributed by atoms with Gasteiger partial charge in [0.25, 0.3) is 5.56 Å². The first-order chi connectivity index (χ1) is 16.0. The van der Waals surface area contributed by atoms with Crippen LogP contribution < -0.4 is 26.2 Å². The van der Waals surface area contributed by atoms with E-state index in [0.717, 1.165) is 33.1 Å². The average molecular weight is 481 g/mol. The van der Waals surface area contributed by atoms with Crippen LogP contribution in [-0.4, -0.2) is 27.6 Å². The van der Waals surface area contributed by atoms with Crippen LogP contribution >= 0.6 is 23.1 Å². The van der Waals surface area contributed by atoms with E-state index in [1.54, 1.807) is 6.92 Å². The van der Waals surface area contributed by atoms with Gasteiger partial charge in [0.2, 0.25) is 12.7 Å². The van der Waals surface area contributed by atoms with Gasteiger partial charge in [0.1, 0.15) is 4.83 Å². The molecule has 3 heterocycles. The maximum Gasteiger partial charge on any atom is 0.282 e. The van der Waals surface area contributed by atoms with Gasteiger partial charge in [-0.3, -0.25) is 9.59 Å². The summed E-state index contributed by atoms with van der Waals surface area (Å²) in [7, 11) is 0. The SMILES string of the molecule is CC(Sc1nc2scc(-c3ccccc3)c2c(=O)n1N)C(=O)NCc1ccc2c(c1)OCO2. The van der Waals surface area contributed by atoms with Crippen LogP contribution in [0.5, 0.6) is 11.5 Å². The monoisotopic (exact) mass is 480 g/mol. The summed E-state index contributed by atoms with van der Waals surface area (Å²) in [5.41, 5.74) is 2.29. The lowest BCUT2D eigenvalue weighted by Gasteiger charge is -2.13. The van der Waals surface area contributed by atoms with Crippen molar-refractivity contribution in [2.24, 2.45) is 0 Å². The zero-order valence-electron chi connectivity index (χ0n) is 17.6. The van der Waals surface area contributed by atoms with E-state index in [1.165, 1.54) is 11.3 Å². The van der Waals surface area contributed by atoms with Crippen LogP contribution in [0.4, 0.5) is 0 Å². The number of hydrogen-bond donors (Lipinski definition) is 2. The molecule has 0 radical (unpaired) electrons. The van der Waals surface area contributed by atoms with Crippen molar-refractivity contribution in [1.29, 1.82) is 0 Å². The topological polar surface area (TPSA) is 108 Å². The van der Waals surface area contributed by atoms with Gasteiger partial charge in [0.15, 0.2) is 16.7 Å². The highest BCUT2D eigenvalue weighted by molar-refractivity contribution is 8.00. The van der Waals surface area contributed by atoms with E-state index >= 15 is 0 Å². The number of carbonyl (C=O) groups is 1. The number of fused-ring (bicyclic) bond motifs is 2. The molecule has 5 rings (SSSR count). The first kappa shape index (κ1) is 21.4. The molecule has 33 heavy (non-hydrogen) atoms. The van der Waals surface area contributed by atoms with Gasteiger partial charge in [-0.05, 0) is 30.2 Å². The van der Waals surface area contributed by atoms with Crippen molar-refractivity contribution >= 4 is 39.2 Å². The number of benzene rings is 2. The van der Waals surface area contributed by atoms with E-state index in [4.69, 9.17) is 15.3 Å². The summed E-state index contributed by atoms with van der Waals surface area (Å²) in [6, 6.07) is 15.2. The Labute approximate surface area is 197 Å². The molecule has 1 unspecified atom stereocenters. The number of nitrogens with zero attached hydrogens (tertiary/aromatic N) is 2. The van der Waals surface area contributed by atoms with Gasteiger partial charge in [0.05, 0.1) is 10.6 Å². The number of nitrogens with one attached hydrogen (secondary N) is 1. The van der Waals surface area contributed by atoms with Crippen LogP contribution in [0.1, 0.15) is 12.5 Å². The molecule has 0 saturated carbocycles. The first-order valence-electron chi connectivity index (χ1n) is 10.2. The third kappa shape index (κ3) is 4.14. The lowest BCUT2D eigenvalue weighted by molar-refractivity contribution is -0.120. The number of nitrogen functional groups attached to an aromatic ring is 1. The Hall–Kier alpha value is -3.50. The summed E-state index contributed by atoms with van der Waals surface area (Å²) in [5.74, 6) is 7.26. The van der Waals surface area contributed by atoms with Gasteiger partial charge >= 0.3 is 0 Å². The third-order valence-corrected chi connectivity index (χ3v) is 7.19. The Kier molecular flexibility index (Phi) is 5.69. The van der Waals surface area contributed by atoms with Crippen LogP contribution in [0.3, 0.4) is 0 Å². The summed E-state index contributed by atoms with van der Waals surface area (Å²) >= 11 is 2.53. The summed E-state index contributed by atoms with van der Waals surface area (Å²) < 4.78 is 11.7. The van der Waals surface area contributed by atoms with E-state index in [0.29, 0.717) is 33.4 Å². The lowest BCUT2D eigenvalue weighted by Crippen LogP contribution is -2.33. The minimum absolute atomic E-state index is 0.192. The second-order valence-corrected chi connectivity index (χ2v) is 9.60. The van der Waals surface area contributed by atoms with Crippen LogP contribution in [0.25, 0.3) is 21.3 Å². The average Bonchev–Trinajstić information content (AvgIpc) is 3.48. The van der Waals surface area contributed by atoms with Crippen LogP contribution in [0, 0.1) is 0 Å². The van der Waals surface area contributed by atoms with Crippen molar-refractivity contribution < 1.29 is 14.3 Å². The molecule has 168 valence electrons. The number of carbonyl (C=O) groups excluding carboxylic acids is 1. The molecule has 0 aliphatic carbocycles. The van der Waals surface area contributed by atoms with Crippen molar-refractivity contribution in [3.63, 3.8) is 0 Å². The molecule has 3 N–H and O–H groups in total. The number of rotatable bonds is 6. The van der Waals surface area contributed by atoms with Crippen molar-refractivity contribution in [2.45, 2.75) is 23.9 Å². The van der Waals surface area contributed by atoms with Gasteiger partial charge < -0.3 is 20.6 Å². The second kappa shape index (κ2) is 8.80. The van der Waals surface area contributed by atoms with E-state index in [9.17, 15) is 9.59 Å². The number of hydrogen-bond acceptors (Lipinski definition) is 8. The fraction of sp³-hybridized carbons (Fsp3) is 0.174. The van der Waals surface area contributed by atoms with Crippen molar-refractivity contribution in [1.82, 2.24) is 15.0 Å². The molecule has 2 aromatic carbocycles. The van der Waals surface area contributed by atoms with Crippen molar-refractivity contribution in [3.05, 3.63) is 69.8 Å². The smallest absolute Gasteiger partial charge is 0.282 e. The maximum absolute atomic E-state index is 13.0. The highest BCUT2D eigenvalue weighted by atomic mass is 32.2. The zero-order valence-corrected chi connectivity index (χ0v) is 19.2. The molecular formula is C23H20N4O4S2. The third-order valence-electron chi connectivity index (χ3n) is 5.25. The Morgan fingerprint density at radius 1 is 1.24 bits per heavy atom. The molecule has 4 aromatic rings. The largest absolute Gasteiger partial charge is 0.454 e. The van der Waals surface area contributed by atoms with Gasteiger partial charge in [0, 0.05) is 17.5 Å². The van der Waals surface area contributed by atoms with Crippen molar-refractivity contribution in [3.8, 4) is 22.6 Å². The molecular weight excluding hydrogens is 460 g/mol. The predicted molar refractivity (Wildman–Crippen MR) is 129 cm³/mol. The molecule has 8 nitrogen and oxygen atoms in total. The molecule has 0 bridgehead atoms. The fourth-order valence-electron chi connectivity index (χ4n) is 3.49. The van der Waals surface area contributed by atoms with E-state index in [-0.39, 0.29) is 18.3 Å². The standard InChI is InChI=1S/C23H20N4O4S2/c1-13(20(28)25-10-14-7-8-17-18(9-14)31-12-30-17)33-23-26-21-19(22(29)27(23)24)16(11-32-21)15-5-3-2-4-6-15/h2-9,11,13H,10,12,24H2,1H3,(H,25,28). The number of ether oxygens (including phenoxy) is 2. The van der Waals surface area contributed by atoms with Gasteiger partial charge in [-0.15, -0.1) is 11.3 Å². The molecule has 1 aliphatic heterocycles. The van der Waals surface area contributed by atoms with E-state index in [2.05, 4.69) is 10.3 Å². The molecule has 1 atom stereocenters. The Morgan fingerprint density at radius 3 is 2.85 bits per heavy atom. The molecule has 1 amide bonds. The summed E-state index contributed by atoms with van der Waals surface area (Å²) in [6.07, 6.45) is 0. The maximum atomic E-state index is 13.0. The van der Waals surface area contributed by atoms with Gasteiger partial charge in [-0.1, -0.05) is 48.2 Å². The molecule has 0 spiro atoms. The van der Waals surface area contributed by atoms with Crippen molar-refractivity contribution in [2.75, 3.05) is 12.6 Å². The quantitative estimate of drug-likeness (QED) is 0.247. The lowest BCUT2D eigenvalue weighted by atomic mass is 10.1. The molecule has 2 aromatic heterocycles. The zero-order chi connectivity index (χ0) is 22.9. The summed E-state index contributed by atoms with van der Waals surface area (Å²) in [6.45, 7) is 2.29. The fourth-order valence-corrected chi connectivity index (χ4v) is 5.34. The number of thiophene rings is 1. The molecule has 1 aliphatic rings. The van der Waals surface area contributed by atoms with Crippen LogP contribution in [0.15, 0.2) is 63.9 Å². The van der Waals surface area contributed by atoms with Gasteiger partial charge in [-0.25, -0.2) is 9.66 Å². The molecule has 10 heteroatoms. The summed E-state index contributed by atoms with van der Waals surface area (Å²) in [4.78, 5) is 30.9. The van der Waals surface area contributed by atoms with E-state index in [1.807, 2.05) is 53.9 Å². The predicted octanol–water partition coefficient (Wildman–Crippen LogP) is 3.36. The number of aromatic nitrogens is 2. The highest BCUT2D eigenvalue weighted by Crippen LogP contribution is 2.33. The van der Waals surface area contributed by atoms with Crippen LogP contribution in [0.2, 0.25) is 0 Å². The number of nitrogens with two attached hydrogens (primary N) is 1. The number of thioether (sulfide) groups is 1. The minimum Gasteiger partial charge on any atom is -0.454 e. The summed E-state index contributed by atoms with van der Waals surface area (Å²) in [5, 5.41) is 5.07. The Balaban J connectivity index is 1.31. The normalized spacial score (nSPS) is 13.2.